The average molecular weight is 460 g/mol. The molecule has 2 saturated heterocycles. The molecule has 0 aromatic rings. The van der Waals surface area contributed by atoms with E-state index < -0.39 is 10.0 Å². The molecule has 136 valence electrons. The minimum absolute atomic E-state index is 0. The summed E-state index contributed by atoms with van der Waals surface area (Å²) in [4.78, 5) is 4.22. The van der Waals surface area contributed by atoms with E-state index in [0.717, 1.165) is 25.2 Å². The second kappa shape index (κ2) is 9.38. The van der Waals surface area contributed by atoms with Crippen LogP contribution in [-0.2, 0) is 14.8 Å². The van der Waals surface area contributed by atoms with Crippen molar-refractivity contribution in [3.8, 4) is 0 Å². The lowest BCUT2D eigenvalue weighted by Gasteiger charge is -2.23. The molecule has 2 aliphatic rings. The number of hydrogen-bond acceptors (Lipinski definition) is 4. The van der Waals surface area contributed by atoms with E-state index in [9.17, 15) is 8.42 Å². The lowest BCUT2D eigenvalue weighted by Crippen LogP contribution is -2.47. The van der Waals surface area contributed by atoms with Crippen LogP contribution in [0.4, 0.5) is 0 Å². The Balaban J connectivity index is 0.00000264. The number of rotatable bonds is 7. The molecule has 0 radical (unpaired) electrons. The molecular formula is C14H29IN4O3S. The van der Waals surface area contributed by atoms with Gasteiger partial charge in [0, 0.05) is 27.2 Å². The van der Waals surface area contributed by atoms with Gasteiger partial charge in [0.15, 0.2) is 5.96 Å². The van der Waals surface area contributed by atoms with Crippen LogP contribution in [-0.4, -0.2) is 69.9 Å². The van der Waals surface area contributed by atoms with Crippen LogP contribution in [0.5, 0.6) is 0 Å². The van der Waals surface area contributed by atoms with Crippen molar-refractivity contribution in [2.24, 2.45) is 4.99 Å². The summed E-state index contributed by atoms with van der Waals surface area (Å²) >= 11 is 0. The van der Waals surface area contributed by atoms with Crippen LogP contribution in [0.3, 0.4) is 0 Å². The van der Waals surface area contributed by atoms with Crippen LogP contribution < -0.4 is 10.6 Å². The van der Waals surface area contributed by atoms with E-state index >= 15 is 0 Å². The molecule has 0 aromatic heterocycles. The molecule has 23 heavy (non-hydrogen) atoms. The molecule has 2 fully saturated rings. The topological polar surface area (TPSA) is 83.0 Å². The third-order valence-electron chi connectivity index (χ3n) is 4.43. The number of aliphatic imine (C=N–C) groups is 1. The van der Waals surface area contributed by atoms with Gasteiger partial charge in [-0.2, -0.15) is 0 Å². The number of nitrogens with zero attached hydrogens (tertiary/aromatic N) is 2. The highest BCUT2D eigenvalue weighted by Crippen LogP contribution is 2.34. The van der Waals surface area contributed by atoms with Crippen molar-refractivity contribution in [3.05, 3.63) is 0 Å². The van der Waals surface area contributed by atoms with Crippen molar-refractivity contribution >= 4 is 40.0 Å². The summed E-state index contributed by atoms with van der Waals surface area (Å²) < 4.78 is 30.5. The van der Waals surface area contributed by atoms with Gasteiger partial charge in [0.1, 0.15) is 0 Å². The van der Waals surface area contributed by atoms with Crippen LogP contribution in [0, 0.1) is 0 Å². The fourth-order valence-electron chi connectivity index (χ4n) is 3.03. The van der Waals surface area contributed by atoms with E-state index in [1.807, 2.05) is 0 Å². The molecular weight excluding hydrogens is 431 g/mol. The van der Waals surface area contributed by atoms with E-state index in [1.54, 1.807) is 21.0 Å². The van der Waals surface area contributed by atoms with Gasteiger partial charge in [-0.25, -0.2) is 12.7 Å². The van der Waals surface area contributed by atoms with Crippen LogP contribution in [0.1, 0.15) is 32.6 Å². The Labute approximate surface area is 156 Å². The van der Waals surface area contributed by atoms with Crippen LogP contribution >= 0.6 is 24.0 Å². The number of guanidine groups is 1. The molecule has 3 atom stereocenters. The van der Waals surface area contributed by atoms with Crippen molar-refractivity contribution in [2.75, 3.05) is 32.9 Å². The van der Waals surface area contributed by atoms with E-state index in [4.69, 9.17) is 4.74 Å². The molecule has 2 bridgehead atoms. The van der Waals surface area contributed by atoms with Crippen LogP contribution in [0.15, 0.2) is 4.99 Å². The molecule has 2 aliphatic heterocycles. The predicted octanol–water partition coefficient (Wildman–Crippen LogP) is 0.761. The Morgan fingerprint density at radius 1 is 1.39 bits per heavy atom. The van der Waals surface area contributed by atoms with Gasteiger partial charge in [0.05, 0.1) is 24.0 Å². The van der Waals surface area contributed by atoms with Crippen molar-refractivity contribution in [2.45, 2.75) is 50.9 Å². The summed E-state index contributed by atoms with van der Waals surface area (Å²) in [5.74, 6) is 0.909. The van der Waals surface area contributed by atoms with Crippen molar-refractivity contribution in [3.63, 3.8) is 0 Å². The van der Waals surface area contributed by atoms with Gasteiger partial charge in [-0.15, -0.1) is 24.0 Å². The molecule has 0 spiro atoms. The second-order valence-electron chi connectivity index (χ2n) is 5.94. The molecule has 0 aromatic carbocycles. The largest absolute Gasteiger partial charge is 0.373 e. The van der Waals surface area contributed by atoms with Crippen LogP contribution in [0.2, 0.25) is 0 Å². The normalized spacial score (nSPS) is 27.1. The third-order valence-corrected chi connectivity index (χ3v) is 6.30. The smallest absolute Gasteiger partial charge is 0.213 e. The summed E-state index contributed by atoms with van der Waals surface area (Å²) in [7, 11) is 0.285. The minimum Gasteiger partial charge on any atom is -0.373 e. The summed E-state index contributed by atoms with van der Waals surface area (Å²) in [6, 6.07) is 0.341. The first-order chi connectivity index (χ1) is 10.5. The predicted molar refractivity (Wildman–Crippen MR) is 103 cm³/mol. The zero-order valence-corrected chi connectivity index (χ0v) is 17.3. The molecule has 7 nitrogen and oxygen atoms in total. The number of ether oxygens (including phenoxy) is 1. The summed E-state index contributed by atoms with van der Waals surface area (Å²) in [5.41, 5.74) is 0. The van der Waals surface area contributed by atoms with Gasteiger partial charge in [-0.1, -0.05) is 0 Å². The Morgan fingerprint density at radius 2 is 2.13 bits per heavy atom. The third kappa shape index (κ3) is 5.71. The maximum absolute atomic E-state index is 11.6. The quantitative estimate of drug-likeness (QED) is 0.254. The zero-order chi connectivity index (χ0) is 16.2. The zero-order valence-electron chi connectivity index (χ0n) is 14.1. The Hall–Kier alpha value is -0.130. The maximum Gasteiger partial charge on any atom is 0.213 e. The second-order valence-corrected chi connectivity index (χ2v) is 8.30. The van der Waals surface area contributed by atoms with Gasteiger partial charge in [0.25, 0.3) is 0 Å². The molecule has 2 N–H and O–H groups in total. The number of halogens is 1. The van der Waals surface area contributed by atoms with E-state index in [-0.39, 0.29) is 29.7 Å². The van der Waals surface area contributed by atoms with Gasteiger partial charge in [-0.3, -0.25) is 4.99 Å². The lowest BCUT2D eigenvalue weighted by molar-refractivity contribution is 0.0992. The highest BCUT2D eigenvalue weighted by molar-refractivity contribution is 14.0. The van der Waals surface area contributed by atoms with E-state index in [1.165, 1.54) is 10.7 Å². The standard InChI is InChI=1S/C14H28N4O3S.HI/c1-4-22(19,20)18(3)9-5-8-16-14(15-2)17-12-10-11-6-7-13(12)21-11;/h11-13H,4-10H2,1-3H3,(H2,15,16,17);1H. The SMILES string of the molecule is CCS(=O)(=O)N(C)CCCNC(=NC)NC1CC2CCC1O2.I. The van der Waals surface area contributed by atoms with Gasteiger partial charge in [-0.05, 0) is 32.6 Å². The molecule has 0 saturated carbocycles. The van der Waals surface area contributed by atoms with Crippen LogP contribution in [0.25, 0.3) is 0 Å². The van der Waals surface area contributed by atoms with Gasteiger partial charge < -0.3 is 15.4 Å². The number of fused-ring (bicyclic) bond motifs is 2. The fourth-order valence-corrected chi connectivity index (χ4v) is 3.88. The maximum atomic E-state index is 11.6. The molecule has 2 heterocycles. The highest BCUT2D eigenvalue weighted by Gasteiger charge is 2.41. The van der Waals surface area contributed by atoms with Crippen molar-refractivity contribution in [1.82, 2.24) is 14.9 Å². The summed E-state index contributed by atoms with van der Waals surface area (Å²) in [6.07, 6.45) is 4.80. The first-order valence-electron chi connectivity index (χ1n) is 8.03. The number of sulfonamides is 1. The molecule has 0 amide bonds. The first kappa shape index (κ1) is 20.9. The first-order valence-corrected chi connectivity index (χ1v) is 9.64. The van der Waals surface area contributed by atoms with E-state index in [2.05, 4.69) is 15.6 Å². The fraction of sp³-hybridized carbons (Fsp3) is 0.929. The highest BCUT2D eigenvalue weighted by atomic mass is 127. The van der Waals surface area contributed by atoms with Crippen molar-refractivity contribution in [1.29, 1.82) is 0 Å². The summed E-state index contributed by atoms with van der Waals surface area (Å²) in [5, 5.41) is 6.65. The summed E-state index contributed by atoms with van der Waals surface area (Å²) in [6.45, 7) is 2.86. The van der Waals surface area contributed by atoms with Gasteiger partial charge >= 0.3 is 0 Å². The van der Waals surface area contributed by atoms with Gasteiger partial charge in [0.2, 0.25) is 10.0 Å². The lowest BCUT2D eigenvalue weighted by atomic mass is 9.96. The minimum atomic E-state index is -3.09. The molecule has 9 heteroatoms. The molecule has 3 unspecified atom stereocenters. The number of nitrogens with one attached hydrogen (secondary N) is 2. The average Bonchev–Trinajstić information content (AvgIpc) is 3.12. The Kier molecular flexibility index (Phi) is 8.53. The van der Waals surface area contributed by atoms with E-state index in [0.29, 0.717) is 31.3 Å². The number of hydrogen-bond donors (Lipinski definition) is 2. The molecule has 2 rings (SSSR count). The Bertz CT molecular complexity index is 500. The molecule has 0 aliphatic carbocycles. The monoisotopic (exact) mass is 460 g/mol. The Morgan fingerprint density at radius 3 is 2.65 bits per heavy atom. The van der Waals surface area contributed by atoms with Crippen molar-refractivity contribution < 1.29 is 13.2 Å².